The van der Waals surface area contributed by atoms with Gasteiger partial charge in [-0.15, -0.1) is 0 Å². The molecule has 0 aliphatic carbocycles. The van der Waals surface area contributed by atoms with Crippen LogP contribution in [0.5, 0.6) is 0 Å². The first-order chi connectivity index (χ1) is 5.70. The summed E-state index contributed by atoms with van der Waals surface area (Å²) in [5, 5.41) is 3.40. The molecule has 1 amide bonds. The average Bonchev–Trinajstić information content (AvgIpc) is 2.32. The summed E-state index contributed by atoms with van der Waals surface area (Å²) >= 11 is 0. The van der Waals surface area contributed by atoms with Gasteiger partial charge in [0.15, 0.2) is 0 Å². The minimum absolute atomic E-state index is 0.248. The molecule has 3 nitrogen and oxygen atoms in total. The van der Waals surface area contributed by atoms with Crippen LogP contribution in [-0.4, -0.2) is 36.0 Å². The molecule has 3 unspecified atom stereocenters. The zero-order valence-corrected chi connectivity index (χ0v) is 7.71. The molecule has 0 spiro atoms. The van der Waals surface area contributed by atoms with E-state index < -0.39 is 0 Å². The minimum atomic E-state index is 0.248. The first-order valence-corrected chi connectivity index (χ1v) is 4.74. The number of rotatable bonds is 0. The number of hydrogen-bond donors (Lipinski definition) is 1. The van der Waals surface area contributed by atoms with Gasteiger partial charge < -0.3 is 10.2 Å². The van der Waals surface area contributed by atoms with Gasteiger partial charge in [-0.2, -0.15) is 0 Å². The molecule has 1 N–H and O–H groups in total. The van der Waals surface area contributed by atoms with Crippen LogP contribution < -0.4 is 5.32 Å². The molecule has 0 aromatic carbocycles. The van der Waals surface area contributed by atoms with E-state index >= 15 is 0 Å². The smallest absolute Gasteiger partial charge is 0.225 e. The number of nitrogens with one attached hydrogen (secondary N) is 1. The molecule has 3 heteroatoms. The Morgan fingerprint density at radius 2 is 2.25 bits per heavy atom. The van der Waals surface area contributed by atoms with Gasteiger partial charge in [0, 0.05) is 31.1 Å². The normalized spacial score (nSPS) is 41.7. The van der Waals surface area contributed by atoms with E-state index in [1.165, 1.54) is 0 Å². The Hall–Kier alpha value is -0.570. The van der Waals surface area contributed by atoms with Gasteiger partial charge in [0.25, 0.3) is 0 Å². The summed E-state index contributed by atoms with van der Waals surface area (Å²) in [5.74, 6) is 0.602. The number of amides is 1. The third-order valence-corrected chi connectivity index (χ3v) is 3.10. The topological polar surface area (TPSA) is 32.3 Å². The number of hydrogen-bond acceptors (Lipinski definition) is 2. The predicted molar refractivity (Wildman–Crippen MR) is 46.7 cm³/mol. The van der Waals surface area contributed by atoms with Gasteiger partial charge in [-0.25, -0.2) is 0 Å². The van der Waals surface area contributed by atoms with Crippen LogP contribution in [0.4, 0.5) is 0 Å². The van der Waals surface area contributed by atoms with Crippen molar-refractivity contribution in [1.29, 1.82) is 0 Å². The molecule has 0 saturated carbocycles. The highest BCUT2D eigenvalue weighted by molar-refractivity contribution is 5.81. The second-order valence-corrected chi connectivity index (χ2v) is 3.98. The lowest BCUT2D eigenvalue weighted by molar-refractivity contribution is -0.132. The molecule has 2 rings (SSSR count). The number of nitrogens with zero attached hydrogens (tertiary/aromatic N) is 1. The van der Waals surface area contributed by atoms with Crippen LogP contribution >= 0.6 is 0 Å². The Labute approximate surface area is 73.1 Å². The zero-order chi connectivity index (χ0) is 8.72. The maximum absolute atomic E-state index is 11.6. The number of carbonyl (C=O) groups excluding carboxylic acids is 1. The van der Waals surface area contributed by atoms with Gasteiger partial charge in [0.1, 0.15) is 0 Å². The van der Waals surface area contributed by atoms with Crippen molar-refractivity contribution >= 4 is 5.91 Å². The van der Waals surface area contributed by atoms with E-state index in [2.05, 4.69) is 12.2 Å². The van der Waals surface area contributed by atoms with Gasteiger partial charge in [-0.3, -0.25) is 4.79 Å². The number of piperazine rings is 1. The third-order valence-electron chi connectivity index (χ3n) is 3.10. The quantitative estimate of drug-likeness (QED) is 0.561. The molecule has 2 aliphatic rings. The molecule has 68 valence electrons. The van der Waals surface area contributed by atoms with Crippen molar-refractivity contribution in [3.8, 4) is 0 Å². The Morgan fingerprint density at radius 1 is 1.50 bits per heavy atom. The summed E-state index contributed by atoms with van der Waals surface area (Å²) in [6, 6.07) is 0.939. The van der Waals surface area contributed by atoms with Crippen molar-refractivity contribution in [2.24, 2.45) is 5.92 Å². The Morgan fingerprint density at radius 3 is 2.92 bits per heavy atom. The largest absolute Gasteiger partial charge is 0.337 e. The van der Waals surface area contributed by atoms with Crippen LogP contribution in [0.15, 0.2) is 0 Å². The molecular formula is C9H16N2O. The molecule has 3 atom stereocenters. The van der Waals surface area contributed by atoms with E-state index in [0.29, 0.717) is 18.0 Å². The molecule has 0 radical (unpaired) electrons. The van der Waals surface area contributed by atoms with Crippen LogP contribution in [0.25, 0.3) is 0 Å². The summed E-state index contributed by atoms with van der Waals surface area (Å²) in [5.41, 5.74) is 0. The standard InChI is InChI=1S/C9H16N2O/c1-6-5-8-7(2)10-3-4-11(8)9(6)12/h6-8,10H,3-5H2,1-2H3. The molecular weight excluding hydrogens is 152 g/mol. The monoisotopic (exact) mass is 168 g/mol. The van der Waals surface area contributed by atoms with Crippen molar-refractivity contribution < 1.29 is 4.79 Å². The van der Waals surface area contributed by atoms with Crippen molar-refractivity contribution in [2.75, 3.05) is 13.1 Å². The lowest BCUT2D eigenvalue weighted by Crippen LogP contribution is -2.54. The van der Waals surface area contributed by atoms with E-state index in [4.69, 9.17) is 0 Å². The zero-order valence-electron chi connectivity index (χ0n) is 7.71. The minimum Gasteiger partial charge on any atom is -0.337 e. The van der Waals surface area contributed by atoms with Crippen LogP contribution in [0.3, 0.4) is 0 Å². The van der Waals surface area contributed by atoms with E-state index in [1.54, 1.807) is 0 Å². The summed E-state index contributed by atoms with van der Waals surface area (Å²) in [4.78, 5) is 13.6. The first-order valence-electron chi connectivity index (χ1n) is 4.74. The fourth-order valence-electron chi connectivity index (χ4n) is 2.34. The van der Waals surface area contributed by atoms with E-state index in [0.717, 1.165) is 19.5 Å². The molecule has 2 heterocycles. The summed E-state index contributed by atoms with van der Waals surface area (Å²) in [6.45, 7) is 6.06. The second kappa shape index (κ2) is 2.73. The summed E-state index contributed by atoms with van der Waals surface area (Å²) in [6.07, 6.45) is 1.03. The molecule has 2 aliphatic heterocycles. The molecule has 2 fully saturated rings. The van der Waals surface area contributed by atoms with Crippen LogP contribution in [0.1, 0.15) is 20.3 Å². The van der Waals surface area contributed by atoms with Crippen LogP contribution in [-0.2, 0) is 4.79 Å². The second-order valence-electron chi connectivity index (χ2n) is 3.98. The van der Waals surface area contributed by atoms with Gasteiger partial charge in [-0.1, -0.05) is 6.92 Å². The maximum atomic E-state index is 11.6. The lowest BCUT2D eigenvalue weighted by Gasteiger charge is -2.35. The van der Waals surface area contributed by atoms with Crippen molar-refractivity contribution in [3.63, 3.8) is 0 Å². The number of fused-ring (bicyclic) bond motifs is 1. The van der Waals surface area contributed by atoms with E-state index in [-0.39, 0.29) is 5.92 Å². The molecule has 2 saturated heterocycles. The highest BCUT2D eigenvalue weighted by Gasteiger charge is 2.40. The number of carbonyl (C=O) groups is 1. The van der Waals surface area contributed by atoms with Crippen molar-refractivity contribution in [3.05, 3.63) is 0 Å². The molecule has 12 heavy (non-hydrogen) atoms. The highest BCUT2D eigenvalue weighted by atomic mass is 16.2. The SMILES string of the molecule is CC1CC2C(C)NCCN2C1=O. The fraction of sp³-hybridized carbons (Fsp3) is 0.889. The maximum Gasteiger partial charge on any atom is 0.225 e. The van der Waals surface area contributed by atoms with Crippen molar-refractivity contribution in [1.82, 2.24) is 10.2 Å². The lowest BCUT2D eigenvalue weighted by atomic mass is 10.0. The highest BCUT2D eigenvalue weighted by Crippen LogP contribution is 2.27. The summed E-state index contributed by atoms with van der Waals surface area (Å²) in [7, 11) is 0. The van der Waals surface area contributed by atoms with Gasteiger partial charge in [0.05, 0.1) is 0 Å². The first kappa shape index (κ1) is 8.05. The van der Waals surface area contributed by atoms with Gasteiger partial charge in [-0.05, 0) is 13.3 Å². The third kappa shape index (κ3) is 1.04. The van der Waals surface area contributed by atoms with Gasteiger partial charge >= 0.3 is 0 Å². The molecule has 0 bridgehead atoms. The van der Waals surface area contributed by atoms with E-state index in [9.17, 15) is 4.79 Å². The van der Waals surface area contributed by atoms with Crippen LogP contribution in [0, 0.1) is 5.92 Å². The molecule has 0 aromatic heterocycles. The Kier molecular flexibility index (Phi) is 1.83. The Bertz CT molecular complexity index is 205. The van der Waals surface area contributed by atoms with E-state index in [1.807, 2.05) is 11.8 Å². The summed E-state index contributed by atoms with van der Waals surface area (Å²) < 4.78 is 0. The van der Waals surface area contributed by atoms with Crippen LogP contribution in [0.2, 0.25) is 0 Å². The van der Waals surface area contributed by atoms with Gasteiger partial charge in [0.2, 0.25) is 5.91 Å². The average molecular weight is 168 g/mol. The predicted octanol–water partition coefficient (Wildman–Crippen LogP) is 0.215. The van der Waals surface area contributed by atoms with Crippen molar-refractivity contribution in [2.45, 2.75) is 32.4 Å². The Balaban J connectivity index is 2.16. The molecule has 0 aromatic rings. The fourth-order valence-corrected chi connectivity index (χ4v) is 2.34.